The number of fused-ring (bicyclic) bond motifs is 1. The second kappa shape index (κ2) is 5.36. The van der Waals surface area contributed by atoms with Crippen LogP contribution in [-0.2, 0) is 23.9 Å². The molecular formula is C13H14FN5OS. The Labute approximate surface area is 123 Å². The molecular weight excluding hydrogens is 293 g/mol. The standard InChI is InChI=1S/C13H14FN5OS/c1-3-19-11-5-4-9(14)6-10(11)16-12(19)7-18-8-15-17-13(18)21(2)20/h4-6,8H,3,7H2,1-2H3/t21-/m1/s1. The van der Waals surface area contributed by atoms with E-state index >= 15 is 0 Å². The predicted molar refractivity (Wildman–Crippen MR) is 76.8 cm³/mol. The molecule has 0 aliphatic rings. The fourth-order valence-electron chi connectivity index (χ4n) is 2.35. The molecule has 0 amide bonds. The Kier molecular flexibility index (Phi) is 3.54. The zero-order valence-corrected chi connectivity index (χ0v) is 12.5. The molecule has 8 heteroatoms. The first kappa shape index (κ1) is 13.9. The van der Waals surface area contributed by atoms with Crippen LogP contribution in [0.25, 0.3) is 11.0 Å². The van der Waals surface area contributed by atoms with Gasteiger partial charge in [0.15, 0.2) is 0 Å². The maximum Gasteiger partial charge on any atom is 0.221 e. The Morgan fingerprint density at radius 3 is 2.90 bits per heavy atom. The lowest BCUT2D eigenvalue weighted by atomic mass is 10.3. The Bertz CT molecular complexity index is 825. The summed E-state index contributed by atoms with van der Waals surface area (Å²) < 4.78 is 28.6. The van der Waals surface area contributed by atoms with E-state index in [4.69, 9.17) is 0 Å². The molecule has 1 aromatic carbocycles. The third-order valence-electron chi connectivity index (χ3n) is 3.25. The number of benzene rings is 1. The van der Waals surface area contributed by atoms with Crippen molar-refractivity contribution in [2.24, 2.45) is 0 Å². The molecule has 3 aromatic rings. The molecule has 0 aliphatic heterocycles. The van der Waals surface area contributed by atoms with E-state index in [2.05, 4.69) is 15.2 Å². The van der Waals surface area contributed by atoms with Gasteiger partial charge in [-0.25, -0.2) is 9.37 Å². The maximum absolute atomic E-state index is 13.3. The highest BCUT2D eigenvalue weighted by Crippen LogP contribution is 2.18. The van der Waals surface area contributed by atoms with Crippen LogP contribution in [0.15, 0.2) is 29.7 Å². The van der Waals surface area contributed by atoms with Crippen LogP contribution in [0.5, 0.6) is 0 Å². The minimum Gasteiger partial charge on any atom is -0.327 e. The summed E-state index contributed by atoms with van der Waals surface area (Å²) in [5.74, 6) is 0.444. The van der Waals surface area contributed by atoms with Crippen LogP contribution in [-0.4, -0.2) is 34.8 Å². The van der Waals surface area contributed by atoms with Crippen LogP contribution in [0, 0.1) is 5.82 Å². The van der Waals surface area contributed by atoms with E-state index in [0.717, 1.165) is 11.3 Å². The lowest BCUT2D eigenvalue weighted by Gasteiger charge is -2.07. The summed E-state index contributed by atoms with van der Waals surface area (Å²) in [5.41, 5.74) is 1.49. The minimum absolute atomic E-state index is 0.311. The topological polar surface area (TPSA) is 65.6 Å². The molecule has 2 aromatic heterocycles. The van der Waals surface area contributed by atoms with Gasteiger partial charge in [-0.15, -0.1) is 10.2 Å². The summed E-state index contributed by atoms with van der Waals surface area (Å²) in [6, 6.07) is 4.55. The average molecular weight is 307 g/mol. The summed E-state index contributed by atoms with van der Waals surface area (Å²) in [6.07, 6.45) is 3.08. The molecule has 0 saturated heterocycles. The zero-order valence-electron chi connectivity index (χ0n) is 11.7. The van der Waals surface area contributed by atoms with Crippen molar-refractivity contribution in [2.45, 2.75) is 25.2 Å². The van der Waals surface area contributed by atoms with Crippen LogP contribution in [0.4, 0.5) is 4.39 Å². The van der Waals surface area contributed by atoms with E-state index in [-0.39, 0.29) is 5.82 Å². The SMILES string of the molecule is CCn1c(Cn2cnnc2[S@@](C)=O)nc2cc(F)ccc21. The number of hydrogen-bond acceptors (Lipinski definition) is 4. The molecule has 6 nitrogen and oxygen atoms in total. The molecule has 3 rings (SSSR count). The van der Waals surface area contributed by atoms with Crippen molar-refractivity contribution >= 4 is 21.8 Å². The monoisotopic (exact) mass is 307 g/mol. The van der Waals surface area contributed by atoms with Crippen LogP contribution in [0.3, 0.4) is 0 Å². The van der Waals surface area contributed by atoms with Gasteiger partial charge in [0.25, 0.3) is 0 Å². The summed E-state index contributed by atoms with van der Waals surface area (Å²) in [6.45, 7) is 3.11. The highest BCUT2D eigenvalue weighted by atomic mass is 32.2. The lowest BCUT2D eigenvalue weighted by Crippen LogP contribution is -2.10. The largest absolute Gasteiger partial charge is 0.327 e. The normalized spacial score (nSPS) is 12.9. The van der Waals surface area contributed by atoms with Crippen LogP contribution in [0.2, 0.25) is 0 Å². The molecule has 0 bridgehead atoms. The quantitative estimate of drug-likeness (QED) is 0.734. The van der Waals surface area contributed by atoms with E-state index in [0.29, 0.717) is 23.8 Å². The van der Waals surface area contributed by atoms with E-state index < -0.39 is 10.8 Å². The predicted octanol–water partition coefficient (Wildman–Crippen LogP) is 1.57. The highest BCUT2D eigenvalue weighted by molar-refractivity contribution is 7.84. The number of aromatic nitrogens is 5. The van der Waals surface area contributed by atoms with Gasteiger partial charge in [-0.2, -0.15) is 0 Å². The maximum atomic E-state index is 13.3. The molecule has 0 unspecified atom stereocenters. The van der Waals surface area contributed by atoms with Crippen molar-refractivity contribution < 1.29 is 8.60 Å². The first-order valence-corrected chi connectivity index (χ1v) is 8.02. The summed E-state index contributed by atoms with van der Waals surface area (Å²) in [7, 11) is -1.22. The molecule has 0 saturated carbocycles. The molecule has 1 atom stereocenters. The number of imidazole rings is 1. The Balaban J connectivity index is 2.07. The second-order valence-corrected chi connectivity index (χ2v) is 5.87. The third-order valence-corrected chi connectivity index (χ3v) is 4.08. The van der Waals surface area contributed by atoms with Gasteiger partial charge in [-0.1, -0.05) is 0 Å². The van der Waals surface area contributed by atoms with E-state index in [1.54, 1.807) is 16.9 Å². The minimum atomic E-state index is -1.22. The molecule has 0 aliphatic carbocycles. The van der Waals surface area contributed by atoms with Crippen LogP contribution in [0.1, 0.15) is 12.7 Å². The number of rotatable bonds is 4. The van der Waals surface area contributed by atoms with Crippen LogP contribution >= 0.6 is 0 Å². The van der Waals surface area contributed by atoms with Crippen LogP contribution < -0.4 is 0 Å². The number of hydrogen-bond donors (Lipinski definition) is 0. The molecule has 110 valence electrons. The van der Waals surface area contributed by atoms with Gasteiger partial charge in [0.1, 0.15) is 18.0 Å². The Morgan fingerprint density at radius 2 is 2.19 bits per heavy atom. The van der Waals surface area contributed by atoms with Crippen molar-refractivity contribution in [1.29, 1.82) is 0 Å². The summed E-state index contributed by atoms with van der Waals surface area (Å²) in [4.78, 5) is 4.47. The van der Waals surface area contributed by atoms with E-state index in [1.807, 2.05) is 11.5 Å². The van der Waals surface area contributed by atoms with Gasteiger partial charge in [0.2, 0.25) is 5.16 Å². The van der Waals surface area contributed by atoms with Gasteiger partial charge in [0, 0.05) is 18.9 Å². The van der Waals surface area contributed by atoms with Crippen molar-refractivity contribution in [3.8, 4) is 0 Å². The fraction of sp³-hybridized carbons (Fsp3) is 0.308. The molecule has 0 radical (unpaired) electrons. The van der Waals surface area contributed by atoms with Crippen molar-refractivity contribution in [1.82, 2.24) is 24.3 Å². The highest BCUT2D eigenvalue weighted by Gasteiger charge is 2.14. The van der Waals surface area contributed by atoms with Gasteiger partial charge in [-0.3, -0.25) is 8.78 Å². The molecule has 0 spiro atoms. The number of halogens is 1. The van der Waals surface area contributed by atoms with Gasteiger partial charge in [-0.05, 0) is 19.1 Å². The second-order valence-electron chi connectivity index (χ2n) is 4.60. The smallest absolute Gasteiger partial charge is 0.221 e. The molecule has 2 heterocycles. The molecule has 21 heavy (non-hydrogen) atoms. The average Bonchev–Trinajstić information content (AvgIpc) is 3.02. The van der Waals surface area contributed by atoms with Crippen molar-refractivity contribution in [2.75, 3.05) is 6.26 Å². The zero-order chi connectivity index (χ0) is 15.0. The van der Waals surface area contributed by atoms with E-state index in [9.17, 15) is 8.60 Å². The first-order valence-electron chi connectivity index (χ1n) is 6.46. The van der Waals surface area contributed by atoms with Crippen molar-refractivity contribution in [3.63, 3.8) is 0 Å². The van der Waals surface area contributed by atoms with E-state index in [1.165, 1.54) is 18.5 Å². The first-order chi connectivity index (χ1) is 10.1. The molecule has 0 N–H and O–H groups in total. The lowest BCUT2D eigenvalue weighted by molar-refractivity contribution is 0.614. The number of nitrogens with zero attached hydrogens (tertiary/aromatic N) is 5. The fourth-order valence-corrected chi connectivity index (χ4v) is 2.96. The summed E-state index contributed by atoms with van der Waals surface area (Å²) >= 11 is 0. The van der Waals surface area contributed by atoms with Gasteiger partial charge >= 0.3 is 0 Å². The van der Waals surface area contributed by atoms with Crippen molar-refractivity contribution in [3.05, 3.63) is 36.2 Å². The Hall–Kier alpha value is -2.09. The van der Waals surface area contributed by atoms with Gasteiger partial charge < -0.3 is 4.57 Å². The molecule has 0 fully saturated rings. The Morgan fingerprint density at radius 1 is 1.38 bits per heavy atom. The van der Waals surface area contributed by atoms with Gasteiger partial charge in [0.05, 0.1) is 28.4 Å². The number of aryl methyl sites for hydroxylation is 1. The third kappa shape index (κ3) is 2.46. The summed E-state index contributed by atoms with van der Waals surface area (Å²) in [5, 5.41) is 8.04.